The summed E-state index contributed by atoms with van der Waals surface area (Å²) < 4.78 is 17.4. The number of amides is 3. The molecule has 5 rings (SSSR count). The summed E-state index contributed by atoms with van der Waals surface area (Å²) in [7, 11) is 0. The zero-order chi connectivity index (χ0) is 35.8. The Labute approximate surface area is 287 Å². The number of ether oxygens (including phenoxy) is 3. The molecule has 0 saturated heterocycles. The van der Waals surface area contributed by atoms with Crippen molar-refractivity contribution in [2.24, 2.45) is 0 Å². The van der Waals surface area contributed by atoms with Crippen LogP contribution < -0.4 is 16.3 Å². The highest BCUT2D eigenvalue weighted by Gasteiger charge is 2.29. The first-order valence-corrected chi connectivity index (χ1v) is 16.1. The van der Waals surface area contributed by atoms with Crippen LogP contribution in [0.15, 0.2) is 65.6 Å². The third-order valence-electron chi connectivity index (χ3n) is 7.78. The van der Waals surface area contributed by atoms with Gasteiger partial charge in [0.05, 0.1) is 13.2 Å². The molecule has 1 aliphatic carbocycles. The molecule has 2 aromatic heterocycles. The quantitative estimate of drug-likeness (QED) is 0.143. The molecule has 15 heteroatoms. The number of rotatable bonds is 14. The molecule has 3 amide bonds. The number of carboxylic acid groups (broad SMARTS) is 1. The summed E-state index contributed by atoms with van der Waals surface area (Å²) in [5.74, 6) is -2.03. The standard InChI is InChI=1S/C35H40N6O9/c1-35(2,3)50-34(47)37-13-15-48-20-23-16-22-17-41(32(45)39-31(22)38-23)18-29(42)40(19-30(43)44)14-12-36-33(46)49-21-28-26-10-6-4-8-24(26)25-9-5-7-11-27(25)28/h4-11,16-17,28H,12-15,18-21H2,1-3H3,(H,36,46)(H,37,47)(H,43,44)(H,38,39,45). The molecule has 0 saturated carbocycles. The van der Waals surface area contributed by atoms with Gasteiger partial charge in [-0.2, -0.15) is 4.98 Å². The van der Waals surface area contributed by atoms with Gasteiger partial charge in [-0.3, -0.25) is 14.2 Å². The Kier molecular flexibility index (Phi) is 11.2. The van der Waals surface area contributed by atoms with Crippen molar-refractivity contribution in [1.29, 1.82) is 0 Å². The zero-order valence-electron chi connectivity index (χ0n) is 28.1. The minimum absolute atomic E-state index is 0.0731. The van der Waals surface area contributed by atoms with E-state index < -0.39 is 48.4 Å². The summed E-state index contributed by atoms with van der Waals surface area (Å²) in [5, 5.41) is 15.1. The maximum absolute atomic E-state index is 13.1. The highest BCUT2D eigenvalue weighted by Crippen LogP contribution is 2.44. The summed E-state index contributed by atoms with van der Waals surface area (Å²) in [6, 6.07) is 17.6. The van der Waals surface area contributed by atoms with Crippen molar-refractivity contribution >= 4 is 35.1 Å². The van der Waals surface area contributed by atoms with E-state index in [4.69, 9.17) is 14.2 Å². The first kappa shape index (κ1) is 35.6. The molecule has 0 unspecified atom stereocenters. The molecular formula is C35H40N6O9. The van der Waals surface area contributed by atoms with Gasteiger partial charge in [0.15, 0.2) is 0 Å². The summed E-state index contributed by atoms with van der Waals surface area (Å²) in [6.45, 7) is 4.68. The predicted molar refractivity (Wildman–Crippen MR) is 182 cm³/mol. The first-order valence-electron chi connectivity index (χ1n) is 16.1. The fourth-order valence-electron chi connectivity index (χ4n) is 5.65. The number of aliphatic carboxylic acids is 1. The van der Waals surface area contributed by atoms with Gasteiger partial charge in [-0.25, -0.2) is 14.4 Å². The monoisotopic (exact) mass is 688 g/mol. The molecule has 0 fully saturated rings. The fourth-order valence-corrected chi connectivity index (χ4v) is 5.65. The predicted octanol–water partition coefficient (Wildman–Crippen LogP) is 3.22. The number of hydrogen-bond acceptors (Lipinski definition) is 9. The lowest BCUT2D eigenvalue weighted by Gasteiger charge is -2.21. The summed E-state index contributed by atoms with van der Waals surface area (Å²) in [4.78, 5) is 69.7. The minimum atomic E-state index is -1.25. The largest absolute Gasteiger partial charge is 0.480 e. The Bertz CT molecular complexity index is 1880. The van der Waals surface area contributed by atoms with Crippen LogP contribution in [0.1, 0.15) is 43.5 Å². The molecule has 4 N–H and O–H groups in total. The Morgan fingerprint density at radius 2 is 1.64 bits per heavy atom. The number of aromatic amines is 1. The Morgan fingerprint density at radius 3 is 2.30 bits per heavy atom. The number of H-pyrrole nitrogens is 1. The van der Waals surface area contributed by atoms with Gasteiger partial charge >= 0.3 is 23.8 Å². The number of carbonyl (C=O) groups excluding carboxylic acids is 3. The highest BCUT2D eigenvalue weighted by atomic mass is 16.6. The maximum Gasteiger partial charge on any atom is 0.407 e. The topological polar surface area (TPSA) is 194 Å². The molecule has 15 nitrogen and oxygen atoms in total. The van der Waals surface area contributed by atoms with Crippen LogP contribution in [0, 0.1) is 0 Å². The molecule has 0 bridgehead atoms. The van der Waals surface area contributed by atoms with Gasteiger partial charge in [-0.05, 0) is 49.1 Å². The molecule has 0 radical (unpaired) electrons. The van der Waals surface area contributed by atoms with Crippen molar-refractivity contribution < 1.29 is 38.5 Å². The van der Waals surface area contributed by atoms with Crippen LogP contribution in [0.25, 0.3) is 22.2 Å². The van der Waals surface area contributed by atoms with Gasteiger partial charge in [0.1, 0.15) is 30.9 Å². The van der Waals surface area contributed by atoms with Crippen LogP contribution in [0.3, 0.4) is 0 Å². The SMILES string of the molecule is CC(C)(C)OC(=O)NCCOCc1cc2cn(CC(=O)N(CCNC(=O)OCC3c4ccccc4-c4ccccc43)CC(=O)O)c(=O)nc2[nH]1. The van der Waals surface area contributed by atoms with E-state index in [2.05, 4.69) is 20.6 Å². The molecule has 264 valence electrons. The number of carboxylic acids is 1. The van der Waals surface area contributed by atoms with E-state index in [0.29, 0.717) is 16.7 Å². The van der Waals surface area contributed by atoms with Crippen molar-refractivity contribution in [3.63, 3.8) is 0 Å². The molecule has 2 aromatic carbocycles. The van der Waals surface area contributed by atoms with Gasteiger partial charge in [0.2, 0.25) is 5.91 Å². The van der Waals surface area contributed by atoms with Crippen LogP contribution in [0.2, 0.25) is 0 Å². The van der Waals surface area contributed by atoms with E-state index in [1.54, 1.807) is 26.8 Å². The fraction of sp³-hybridized carbons (Fsp3) is 0.371. The van der Waals surface area contributed by atoms with E-state index in [-0.39, 0.29) is 45.4 Å². The average molecular weight is 689 g/mol. The Hall–Kier alpha value is -5.70. The van der Waals surface area contributed by atoms with Gasteiger partial charge in [0.25, 0.3) is 0 Å². The Balaban J connectivity index is 1.11. The lowest BCUT2D eigenvalue weighted by Crippen LogP contribution is -2.44. The van der Waals surface area contributed by atoms with Crippen LogP contribution in [0.4, 0.5) is 9.59 Å². The van der Waals surface area contributed by atoms with Gasteiger partial charge in [0, 0.05) is 42.8 Å². The molecule has 1 aliphatic rings. The van der Waals surface area contributed by atoms with Crippen LogP contribution in [-0.2, 0) is 37.0 Å². The molecule has 50 heavy (non-hydrogen) atoms. The van der Waals surface area contributed by atoms with E-state index >= 15 is 0 Å². The molecular weight excluding hydrogens is 648 g/mol. The van der Waals surface area contributed by atoms with Crippen molar-refractivity contribution in [3.8, 4) is 11.1 Å². The molecule has 0 aliphatic heterocycles. The van der Waals surface area contributed by atoms with Gasteiger partial charge in [-0.1, -0.05) is 48.5 Å². The lowest BCUT2D eigenvalue weighted by molar-refractivity contribution is -0.144. The number of aromatic nitrogens is 3. The maximum atomic E-state index is 13.1. The molecule has 2 heterocycles. The lowest BCUT2D eigenvalue weighted by atomic mass is 9.98. The smallest absolute Gasteiger partial charge is 0.407 e. The third kappa shape index (κ3) is 9.25. The number of hydrogen-bond donors (Lipinski definition) is 4. The van der Waals surface area contributed by atoms with Crippen LogP contribution in [-0.4, -0.2) is 93.6 Å². The summed E-state index contributed by atoms with van der Waals surface area (Å²) in [6.07, 6.45) is 0.194. The second kappa shape index (κ2) is 15.7. The summed E-state index contributed by atoms with van der Waals surface area (Å²) >= 11 is 0. The van der Waals surface area contributed by atoms with E-state index in [1.165, 1.54) is 6.20 Å². The molecule has 0 spiro atoms. The van der Waals surface area contributed by atoms with Crippen molar-refractivity contribution in [3.05, 3.63) is 88.1 Å². The zero-order valence-corrected chi connectivity index (χ0v) is 28.1. The second-order valence-electron chi connectivity index (χ2n) is 12.7. The average Bonchev–Trinajstić information content (AvgIpc) is 3.60. The molecule has 0 atom stereocenters. The second-order valence-corrected chi connectivity index (χ2v) is 12.7. The van der Waals surface area contributed by atoms with E-state index in [1.807, 2.05) is 48.5 Å². The van der Waals surface area contributed by atoms with E-state index in [0.717, 1.165) is 31.7 Å². The first-order chi connectivity index (χ1) is 23.9. The van der Waals surface area contributed by atoms with Crippen molar-refractivity contribution in [2.75, 3.05) is 39.4 Å². The summed E-state index contributed by atoms with van der Waals surface area (Å²) in [5.41, 5.74) is 3.91. The van der Waals surface area contributed by atoms with Crippen LogP contribution in [0.5, 0.6) is 0 Å². The van der Waals surface area contributed by atoms with E-state index in [9.17, 15) is 29.1 Å². The number of nitrogens with zero attached hydrogens (tertiary/aromatic N) is 3. The van der Waals surface area contributed by atoms with Gasteiger partial charge in [-0.15, -0.1) is 0 Å². The number of benzene rings is 2. The van der Waals surface area contributed by atoms with Gasteiger partial charge < -0.3 is 39.8 Å². The number of carbonyl (C=O) groups is 4. The normalized spacial score (nSPS) is 12.2. The van der Waals surface area contributed by atoms with Crippen molar-refractivity contribution in [2.45, 2.75) is 45.4 Å². The number of alkyl carbamates (subject to hydrolysis) is 2. The minimum Gasteiger partial charge on any atom is -0.480 e. The van der Waals surface area contributed by atoms with Crippen molar-refractivity contribution in [1.82, 2.24) is 30.1 Å². The van der Waals surface area contributed by atoms with Crippen LogP contribution >= 0.6 is 0 Å². The molecule has 4 aromatic rings. The Morgan fingerprint density at radius 1 is 0.980 bits per heavy atom. The third-order valence-corrected chi connectivity index (χ3v) is 7.78. The highest BCUT2D eigenvalue weighted by molar-refractivity contribution is 5.82. The number of nitrogens with one attached hydrogen (secondary N) is 3. The number of fused-ring (bicyclic) bond motifs is 4.